The Morgan fingerprint density at radius 3 is 1.93 bits per heavy atom. The van der Waals surface area contributed by atoms with Crippen molar-refractivity contribution in [2.24, 2.45) is 5.73 Å². The molecule has 0 spiro atoms. The van der Waals surface area contributed by atoms with Gasteiger partial charge in [-0.05, 0) is 106 Å². The van der Waals surface area contributed by atoms with E-state index in [1.807, 2.05) is 60.7 Å². The number of aromatic hydroxyl groups is 1. The van der Waals surface area contributed by atoms with Gasteiger partial charge in [-0.15, -0.1) is 17.0 Å². The Morgan fingerprint density at radius 1 is 0.750 bits per heavy atom. The van der Waals surface area contributed by atoms with Crippen LogP contribution in [0.1, 0.15) is 48.8 Å². The molecule has 0 heterocycles. The maximum absolute atomic E-state index is 13.7. The molecular weight excluding hydrogens is 756 g/mol. The van der Waals surface area contributed by atoms with Gasteiger partial charge in [0.15, 0.2) is 0 Å². The van der Waals surface area contributed by atoms with Crippen molar-refractivity contribution in [1.29, 1.82) is 0 Å². The summed E-state index contributed by atoms with van der Waals surface area (Å²) in [7, 11) is 0. The number of rotatable bonds is 17. The lowest BCUT2D eigenvalue weighted by atomic mass is 10.0. The fraction of sp³-hybridized carbons (Fsp3) is 0.364. The fourth-order valence-electron chi connectivity index (χ4n) is 4.68. The summed E-state index contributed by atoms with van der Waals surface area (Å²) in [6, 6.07) is 21.5. The predicted octanol–water partition coefficient (Wildman–Crippen LogP) is 5.52. The minimum absolute atomic E-state index is 0. The average molecular weight is 797 g/mol. The molecule has 0 radical (unpaired) electrons. The Morgan fingerprint density at radius 2 is 1.34 bits per heavy atom. The Balaban J connectivity index is 0.00000675. The van der Waals surface area contributed by atoms with Gasteiger partial charge in [0.25, 0.3) is 0 Å². The molecule has 0 aliphatic heterocycles. The highest BCUT2D eigenvalue weighted by Crippen LogP contribution is 2.33. The molecule has 0 saturated heterocycles. The first-order chi connectivity index (χ1) is 20.8. The van der Waals surface area contributed by atoms with Gasteiger partial charge in [0.2, 0.25) is 17.7 Å². The number of carbonyl (C=O) groups is 3. The molecule has 3 aromatic carbocycles. The fourth-order valence-corrected chi connectivity index (χ4v) is 5.96. The molecule has 11 heteroatoms. The van der Waals surface area contributed by atoms with E-state index < -0.39 is 18.0 Å². The van der Waals surface area contributed by atoms with Crippen molar-refractivity contribution in [3.8, 4) is 5.75 Å². The van der Waals surface area contributed by atoms with Crippen LogP contribution in [0.4, 0.5) is 0 Å². The SMILES string of the molecule is Br.NCCCC[C@H](NC(=O)[C@@H](Cc1cc(Br)c(O)c(Br)c1)NC(=O)CCCc1ccccc1)C(=O)NCCc1ccccc1. The van der Waals surface area contributed by atoms with Gasteiger partial charge in [-0.3, -0.25) is 14.4 Å². The number of carbonyl (C=O) groups excluding carboxylic acids is 3. The van der Waals surface area contributed by atoms with E-state index in [1.165, 1.54) is 0 Å². The van der Waals surface area contributed by atoms with Crippen LogP contribution in [0.2, 0.25) is 0 Å². The smallest absolute Gasteiger partial charge is 0.243 e. The molecule has 3 rings (SSSR count). The summed E-state index contributed by atoms with van der Waals surface area (Å²) in [5.41, 5.74) is 8.64. The van der Waals surface area contributed by atoms with Crippen LogP contribution in [-0.2, 0) is 33.6 Å². The zero-order valence-corrected chi connectivity index (χ0v) is 29.5. The highest BCUT2D eigenvalue weighted by molar-refractivity contribution is 9.11. The monoisotopic (exact) mass is 794 g/mol. The van der Waals surface area contributed by atoms with Gasteiger partial charge < -0.3 is 26.8 Å². The van der Waals surface area contributed by atoms with Crippen molar-refractivity contribution in [3.63, 3.8) is 0 Å². The number of hydrogen-bond donors (Lipinski definition) is 5. The van der Waals surface area contributed by atoms with E-state index in [9.17, 15) is 19.5 Å². The molecule has 8 nitrogen and oxygen atoms in total. The molecule has 0 aliphatic rings. The third-order valence-electron chi connectivity index (χ3n) is 7.02. The van der Waals surface area contributed by atoms with Crippen molar-refractivity contribution >= 4 is 66.6 Å². The van der Waals surface area contributed by atoms with Gasteiger partial charge in [0, 0.05) is 19.4 Å². The largest absolute Gasteiger partial charge is 0.506 e. The summed E-state index contributed by atoms with van der Waals surface area (Å²) >= 11 is 6.67. The molecule has 0 bridgehead atoms. The Bertz CT molecular complexity index is 1310. The van der Waals surface area contributed by atoms with E-state index in [1.54, 1.807) is 12.1 Å². The maximum atomic E-state index is 13.7. The third kappa shape index (κ3) is 13.1. The predicted molar refractivity (Wildman–Crippen MR) is 187 cm³/mol. The van der Waals surface area contributed by atoms with Crippen LogP contribution < -0.4 is 21.7 Å². The van der Waals surface area contributed by atoms with Crippen LogP contribution >= 0.6 is 48.8 Å². The van der Waals surface area contributed by atoms with E-state index in [0.29, 0.717) is 53.3 Å². The molecule has 3 amide bonds. The lowest BCUT2D eigenvalue weighted by Gasteiger charge is -2.24. The highest BCUT2D eigenvalue weighted by atomic mass is 79.9. The Hall–Kier alpha value is -2.73. The Labute approximate surface area is 287 Å². The third-order valence-corrected chi connectivity index (χ3v) is 8.22. The quantitative estimate of drug-likeness (QED) is 0.115. The first kappa shape index (κ1) is 37.5. The summed E-state index contributed by atoms with van der Waals surface area (Å²) in [4.78, 5) is 39.8. The molecule has 0 unspecified atom stereocenters. The zero-order valence-electron chi connectivity index (χ0n) is 24.6. The first-order valence-electron chi connectivity index (χ1n) is 14.6. The molecule has 0 aromatic heterocycles. The van der Waals surface area contributed by atoms with Crippen molar-refractivity contribution in [1.82, 2.24) is 16.0 Å². The number of benzene rings is 3. The number of halogens is 3. The number of hydrogen-bond acceptors (Lipinski definition) is 5. The standard InChI is InChI=1S/C33H40Br2N4O4.BrH/c34-26-20-25(21-27(35)31(26)41)22-29(38-30(40)16-9-14-23-10-3-1-4-11-23)33(43)39-28(15-7-8-18-36)32(42)37-19-17-24-12-5-2-6-13-24;/h1-6,10-13,20-21,28-29,41H,7-9,14-19,22,36H2,(H,37,42)(H,38,40)(H,39,43);1H/t28-,29+;/m0./s1. The molecule has 0 fully saturated rings. The van der Waals surface area contributed by atoms with Crippen molar-refractivity contribution in [2.45, 2.75) is 63.5 Å². The molecule has 238 valence electrons. The number of nitrogens with one attached hydrogen (secondary N) is 3. The molecule has 44 heavy (non-hydrogen) atoms. The Kier molecular flexibility index (Phi) is 17.3. The summed E-state index contributed by atoms with van der Waals surface area (Å²) in [5.74, 6) is -0.932. The van der Waals surface area contributed by atoms with Gasteiger partial charge in [-0.1, -0.05) is 60.7 Å². The molecule has 6 N–H and O–H groups in total. The summed E-state index contributed by atoms with van der Waals surface area (Å²) in [5, 5.41) is 18.9. The van der Waals surface area contributed by atoms with E-state index in [2.05, 4.69) is 47.8 Å². The number of aryl methyl sites for hydroxylation is 1. The van der Waals surface area contributed by atoms with Crippen LogP contribution in [0.3, 0.4) is 0 Å². The van der Waals surface area contributed by atoms with E-state index in [0.717, 1.165) is 24.0 Å². The number of phenols is 1. The van der Waals surface area contributed by atoms with Crippen LogP contribution in [0.25, 0.3) is 0 Å². The first-order valence-corrected chi connectivity index (χ1v) is 16.2. The molecule has 2 atom stereocenters. The van der Waals surface area contributed by atoms with Crippen molar-refractivity contribution in [3.05, 3.63) is 98.4 Å². The van der Waals surface area contributed by atoms with Crippen LogP contribution in [0.5, 0.6) is 5.75 Å². The lowest BCUT2D eigenvalue weighted by Crippen LogP contribution is -2.54. The van der Waals surface area contributed by atoms with Gasteiger partial charge in [0.1, 0.15) is 17.8 Å². The minimum Gasteiger partial charge on any atom is -0.506 e. The normalized spacial score (nSPS) is 12.0. The highest BCUT2D eigenvalue weighted by Gasteiger charge is 2.27. The van der Waals surface area contributed by atoms with Gasteiger partial charge >= 0.3 is 0 Å². The second-order valence-electron chi connectivity index (χ2n) is 10.4. The summed E-state index contributed by atoms with van der Waals surface area (Å²) in [6.45, 7) is 0.922. The van der Waals surface area contributed by atoms with Crippen LogP contribution in [0.15, 0.2) is 81.7 Å². The number of nitrogens with two attached hydrogens (primary N) is 1. The van der Waals surface area contributed by atoms with E-state index in [-0.39, 0.29) is 47.4 Å². The van der Waals surface area contributed by atoms with E-state index in [4.69, 9.17) is 5.73 Å². The molecule has 0 aliphatic carbocycles. The molecule has 0 saturated carbocycles. The number of phenolic OH excluding ortho intramolecular Hbond substituents is 1. The molecular formula is C33H41Br3N4O4. The lowest BCUT2D eigenvalue weighted by molar-refractivity contribution is -0.132. The van der Waals surface area contributed by atoms with Crippen LogP contribution in [0, 0.1) is 0 Å². The van der Waals surface area contributed by atoms with Crippen molar-refractivity contribution in [2.75, 3.05) is 13.1 Å². The second-order valence-corrected chi connectivity index (χ2v) is 12.2. The van der Waals surface area contributed by atoms with Crippen LogP contribution in [-0.4, -0.2) is 48.0 Å². The van der Waals surface area contributed by atoms with E-state index >= 15 is 0 Å². The average Bonchev–Trinajstić information content (AvgIpc) is 3.00. The van der Waals surface area contributed by atoms with Gasteiger partial charge in [-0.25, -0.2) is 0 Å². The molecule has 3 aromatic rings. The van der Waals surface area contributed by atoms with Gasteiger partial charge in [-0.2, -0.15) is 0 Å². The van der Waals surface area contributed by atoms with Gasteiger partial charge in [0.05, 0.1) is 8.95 Å². The number of unbranched alkanes of at least 4 members (excludes halogenated alkanes) is 1. The van der Waals surface area contributed by atoms with Crippen molar-refractivity contribution < 1.29 is 19.5 Å². The summed E-state index contributed by atoms with van der Waals surface area (Å²) < 4.78 is 0.922. The maximum Gasteiger partial charge on any atom is 0.243 e. The summed E-state index contributed by atoms with van der Waals surface area (Å²) in [6.07, 6.45) is 4.28. The topological polar surface area (TPSA) is 134 Å². The second kappa shape index (κ2) is 20.3. The number of amides is 3. The zero-order chi connectivity index (χ0) is 31.0. The minimum atomic E-state index is -0.929.